The van der Waals surface area contributed by atoms with Crippen molar-refractivity contribution in [3.05, 3.63) is 194 Å². The van der Waals surface area contributed by atoms with Crippen molar-refractivity contribution in [3.8, 4) is 11.1 Å². The van der Waals surface area contributed by atoms with Gasteiger partial charge in [-0.3, -0.25) is 0 Å². The summed E-state index contributed by atoms with van der Waals surface area (Å²) in [6, 6.07) is 68.8. The Kier molecular flexibility index (Phi) is 6.60. The minimum Gasteiger partial charge on any atom is -0.456 e. The summed E-state index contributed by atoms with van der Waals surface area (Å²) in [6.45, 7) is 0. The first kappa shape index (κ1) is 30.9. The number of nitrogens with zero attached hydrogens (tertiary/aromatic N) is 2. The van der Waals surface area contributed by atoms with Gasteiger partial charge < -0.3 is 18.6 Å². The highest BCUT2D eigenvalue weighted by Crippen LogP contribution is 2.53. The SMILES string of the molecule is c1ccc(N(c2cccc3ccccc23)c2ccc3oc4ccc5c(N(c6ccccc6)c6cccc7ccccc67)ccc6oc7ccc2c3c7-c4c65)cc1. The number of benzene rings is 10. The maximum atomic E-state index is 6.90. The fraction of sp³-hybridized carbons (Fsp3) is 0. The minimum absolute atomic E-state index is 0.822. The quantitative estimate of drug-likeness (QED) is 0.127. The van der Waals surface area contributed by atoms with Crippen molar-refractivity contribution in [1.29, 1.82) is 0 Å². The highest BCUT2D eigenvalue weighted by atomic mass is 16.3. The van der Waals surface area contributed by atoms with E-state index in [2.05, 4.69) is 204 Å². The average Bonchev–Trinajstić information content (AvgIpc) is 3.26. The molecule has 10 aromatic carbocycles. The van der Waals surface area contributed by atoms with Crippen molar-refractivity contribution < 1.29 is 8.83 Å². The lowest BCUT2D eigenvalue weighted by atomic mass is 9.89. The topological polar surface area (TPSA) is 32.8 Å². The van der Waals surface area contributed by atoms with Crippen LogP contribution in [-0.2, 0) is 0 Å². The predicted octanol–water partition coefficient (Wildman–Crippen LogP) is 15.3. The summed E-state index contributed by atoms with van der Waals surface area (Å²) in [6.07, 6.45) is 0. The largest absolute Gasteiger partial charge is 0.456 e. The molecule has 0 saturated carbocycles. The maximum absolute atomic E-state index is 6.90. The average molecular weight is 717 g/mol. The van der Waals surface area contributed by atoms with E-state index in [1.54, 1.807) is 0 Å². The van der Waals surface area contributed by atoms with Crippen molar-refractivity contribution in [3.63, 3.8) is 0 Å². The summed E-state index contributed by atoms with van der Waals surface area (Å²) in [7, 11) is 0. The van der Waals surface area contributed by atoms with E-state index in [0.29, 0.717) is 0 Å². The lowest BCUT2D eigenvalue weighted by molar-refractivity contribution is 0.646. The number of para-hydroxylation sites is 2. The van der Waals surface area contributed by atoms with Gasteiger partial charge in [0.05, 0.1) is 22.7 Å². The van der Waals surface area contributed by atoms with Gasteiger partial charge in [0.1, 0.15) is 22.3 Å². The Labute approximate surface area is 322 Å². The fourth-order valence-electron chi connectivity index (χ4n) is 9.00. The van der Waals surface area contributed by atoms with Crippen LogP contribution in [0.5, 0.6) is 0 Å². The Balaban J connectivity index is 1.14. The Morgan fingerprint density at radius 3 is 1.11 bits per heavy atom. The predicted molar refractivity (Wildman–Crippen MR) is 233 cm³/mol. The van der Waals surface area contributed by atoms with Crippen LogP contribution >= 0.6 is 0 Å². The molecular weight excluding hydrogens is 685 g/mol. The lowest BCUT2D eigenvalue weighted by Gasteiger charge is -2.30. The minimum atomic E-state index is 0.822. The Bertz CT molecular complexity index is 3140. The van der Waals surface area contributed by atoms with Gasteiger partial charge >= 0.3 is 0 Å². The molecular formula is C52H32N2O2. The highest BCUT2D eigenvalue weighted by Gasteiger charge is 2.29. The van der Waals surface area contributed by atoms with Crippen LogP contribution in [0.3, 0.4) is 0 Å². The zero-order valence-corrected chi connectivity index (χ0v) is 30.2. The Hall–Kier alpha value is -7.56. The van der Waals surface area contributed by atoms with Gasteiger partial charge in [0.15, 0.2) is 0 Å². The van der Waals surface area contributed by atoms with Crippen molar-refractivity contribution in [2.45, 2.75) is 0 Å². The normalized spacial score (nSPS) is 11.9. The molecule has 56 heavy (non-hydrogen) atoms. The van der Waals surface area contributed by atoms with Crippen molar-refractivity contribution >= 4 is 99.5 Å². The molecule has 0 fully saturated rings. The molecule has 2 aliphatic rings. The number of anilines is 6. The third-order valence-corrected chi connectivity index (χ3v) is 11.4. The molecule has 2 aliphatic heterocycles. The molecule has 0 atom stereocenters. The van der Waals surface area contributed by atoms with Gasteiger partial charge in [0.25, 0.3) is 0 Å². The van der Waals surface area contributed by atoms with Crippen molar-refractivity contribution in [1.82, 2.24) is 0 Å². The standard InChI is InChI=1S/C52H32N2O2/c1-3-17-35(18-4-1)53(41-23-11-15-33-13-7-9-21-37(33)41)43-27-31-45-49-39(43)25-29-47-51(49)52-48(55-45)30-26-40-44(28-32-46(56-47)50(40)52)54(36-19-5-2-6-20-36)42-24-12-16-34-14-8-10-22-38(34)42/h1-32H. The van der Waals surface area contributed by atoms with Crippen molar-refractivity contribution in [2.24, 2.45) is 0 Å². The number of rotatable bonds is 6. The molecule has 0 N–H and O–H groups in total. The molecule has 262 valence electrons. The van der Waals surface area contributed by atoms with Gasteiger partial charge in [-0.25, -0.2) is 0 Å². The van der Waals surface area contributed by atoms with Gasteiger partial charge in [0.2, 0.25) is 0 Å². The number of hydrogen-bond acceptors (Lipinski definition) is 4. The van der Waals surface area contributed by atoms with Crippen LogP contribution in [0.2, 0.25) is 0 Å². The van der Waals surface area contributed by atoms with E-state index in [4.69, 9.17) is 8.83 Å². The molecule has 0 aromatic heterocycles. The van der Waals surface area contributed by atoms with Crippen LogP contribution in [-0.4, -0.2) is 0 Å². The zero-order valence-electron chi connectivity index (χ0n) is 30.2. The highest BCUT2D eigenvalue weighted by molar-refractivity contribution is 6.27. The lowest BCUT2D eigenvalue weighted by Crippen LogP contribution is -2.12. The molecule has 0 unspecified atom stereocenters. The van der Waals surface area contributed by atoms with Gasteiger partial charge in [-0.1, -0.05) is 109 Å². The van der Waals surface area contributed by atoms with Crippen LogP contribution in [0.15, 0.2) is 203 Å². The Morgan fingerprint density at radius 1 is 0.268 bits per heavy atom. The molecule has 0 bridgehead atoms. The van der Waals surface area contributed by atoms with Crippen LogP contribution in [0.1, 0.15) is 0 Å². The first-order chi connectivity index (χ1) is 27.8. The van der Waals surface area contributed by atoms with E-state index in [0.717, 1.165) is 89.1 Å². The maximum Gasteiger partial charge on any atom is 0.136 e. The molecule has 0 radical (unpaired) electrons. The summed E-state index contributed by atoms with van der Waals surface area (Å²) in [5.41, 5.74) is 12.0. The Morgan fingerprint density at radius 2 is 0.643 bits per heavy atom. The van der Waals surface area contributed by atoms with Gasteiger partial charge in [0, 0.05) is 54.8 Å². The monoisotopic (exact) mass is 716 g/mol. The van der Waals surface area contributed by atoms with E-state index in [9.17, 15) is 0 Å². The summed E-state index contributed by atoms with van der Waals surface area (Å²) in [5.74, 6) is 0. The molecule has 4 heteroatoms. The summed E-state index contributed by atoms with van der Waals surface area (Å²) < 4.78 is 13.8. The van der Waals surface area contributed by atoms with Gasteiger partial charge in [-0.15, -0.1) is 0 Å². The van der Waals surface area contributed by atoms with E-state index < -0.39 is 0 Å². The smallest absolute Gasteiger partial charge is 0.136 e. The molecule has 0 saturated heterocycles. The van der Waals surface area contributed by atoms with Crippen molar-refractivity contribution in [2.75, 3.05) is 9.80 Å². The van der Waals surface area contributed by atoms with Crippen LogP contribution < -0.4 is 9.80 Å². The number of hydrogen-bond donors (Lipinski definition) is 0. The molecule has 12 rings (SSSR count). The summed E-state index contributed by atoms with van der Waals surface area (Å²) in [5, 5.41) is 9.03. The zero-order chi connectivity index (χ0) is 36.7. The number of fused-ring (bicyclic) bond motifs is 2. The van der Waals surface area contributed by atoms with Crippen LogP contribution in [0, 0.1) is 0 Å². The van der Waals surface area contributed by atoms with Gasteiger partial charge in [-0.2, -0.15) is 0 Å². The molecule has 0 amide bonds. The first-order valence-electron chi connectivity index (χ1n) is 19.0. The second kappa shape index (κ2) is 12.0. The van der Waals surface area contributed by atoms with E-state index in [1.165, 1.54) is 21.5 Å². The second-order valence-electron chi connectivity index (χ2n) is 14.4. The molecule has 10 aromatic rings. The first-order valence-corrected chi connectivity index (χ1v) is 19.0. The second-order valence-corrected chi connectivity index (χ2v) is 14.4. The third-order valence-electron chi connectivity index (χ3n) is 11.4. The van der Waals surface area contributed by atoms with E-state index in [1.807, 2.05) is 0 Å². The molecule has 0 aliphatic carbocycles. The summed E-state index contributed by atoms with van der Waals surface area (Å²) >= 11 is 0. The van der Waals surface area contributed by atoms with Crippen LogP contribution in [0.4, 0.5) is 34.1 Å². The molecule has 0 spiro atoms. The van der Waals surface area contributed by atoms with Crippen LogP contribution in [0.25, 0.3) is 76.5 Å². The third kappa shape index (κ3) is 4.47. The fourth-order valence-corrected chi connectivity index (χ4v) is 9.00. The summed E-state index contributed by atoms with van der Waals surface area (Å²) in [4.78, 5) is 4.75. The molecule has 4 nitrogen and oxygen atoms in total. The van der Waals surface area contributed by atoms with E-state index >= 15 is 0 Å². The van der Waals surface area contributed by atoms with Gasteiger partial charge in [-0.05, 0) is 95.7 Å². The van der Waals surface area contributed by atoms with E-state index in [-0.39, 0.29) is 0 Å². The molecule has 2 heterocycles.